The molecule has 0 fully saturated rings. The molecule has 33 heavy (non-hydrogen) atoms. The molecule has 0 aliphatic rings. The number of nitrogens with zero attached hydrogens (tertiary/aromatic N) is 5. The lowest BCUT2D eigenvalue weighted by atomic mass is 10.0. The molecule has 0 spiro atoms. The van der Waals surface area contributed by atoms with Crippen molar-refractivity contribution < 1.29 is 0 Å². The number of para-hydroxylation sites is 2. The Kier molecular flexibility index (Phi) is 4.54. The van der Waals surface area contributed by atoms with Crippen LogP contribution in [0.4, 0.5) is 0 Å². The number of hydrogen-bond acceptors (Lipinski definition) is 3. The van der Waals surface area contributed by atoms with Gasteiger partial charge in [0.1, 0.15) is 12.1 Å². The molecule has 0 N–H and O–H groups in total. The van der Waals surface area contributed by atoms with Crippen LogP contribution in [0.25, 0.3) is 33.6 Å². The first kappa shape index (κ1) is 19.4. The van der Waals surface area contributed by atoms with Gasteiger partial charge in [-0.15, -0.1) is 0 Å². The van der Waals surface area contributed by atoms with E-state index in [1.54, 1.807) is 0 Å². The molecule has 6 rings (SSSR count). The molecular formula is C28H23N5. The van der Waals surface area contributed by atoms with Crippen LogP contribution in [0.2, 0.25) is 0 Å². The summed E-state index contributed by atoms with van der Waals surface area (Å²) in [5, 5.41) is 5.00. The molecule has 5 heteroatoms. The van der Waals surface area contributed by atoms with Crippen molar-refractivity contribution in [1.82, 2.24) is 24.1 Å². The molecule has 0 radical (unpaired) electrons. The first-order valence-corrected chi connectivity index (χ1v) is 11.1. The van der Waals surface area contributed by atoms with Gasteiger partial charge in [-0.25, -0.2) is 9.97 Å². The van der Waals surface area contributed by atoms with E-state index in [9.17, 15) is 0 Å². The van der Waals surface area contributed by atoms with Gasteiger partial charge in [0.15, 0.2) is 5.65 Å². The van der Waals surface area contributed by atoms with E-state index in [-0.39, 0.29) is 0 Å². The molecule has 3 heterocycles. The van der Waals surface area contributed by atoms with Crippen LogP contribution in [0.3, 0.4) is 0 Å². The normalized spacial score (nSPS) is 11.5. The Bertz CT molecular complexity index is 1590. The zero-order chi connectivity index (χ0) is 22.4. The average molecular weight is 430 g/mol. The Hall–Kier alpha value is -4.25. The van der Waals surface area contributed by atoms with E-state index in [2.05, 4.69) is 78.0 Å². The van der Waals surface area contributed by atoms with Gasteiger partial charge in [0.2, 0.25) is 0 Å². The van der Waals surface area contributed by atoms with E-state index in [0.29, 0.717) is 0 Å². The van der Waals surface area contributed by atoms with Gasteiger partial charge in [0, 0.05) is 23.2 Å². The Morgan fingerprint density at radius 2 is 1.45 bits per heavy atom. The fourth-order valence-corrected chi connectivity index (χ4v) is 4.61. The van der Waals surface area contributed by atoms with E-state index < -0.39 is 0 Å². The second-order valence-electron chi connectivity index (χ2n) is 8.33. The van der Waals surface area contributed by atoms with Crippen LogP contribution in [-0.2, 0) is 6.42 Å². The highest BCUT2D eigenvalue weighted by Crippen LogP contribution is 2.32. The van der Waals surface area contributed by atoms with E-state index >= 15 is 0 Å². The summed E-state index contributed by atoms with van der Waals surface area (Å²) in [6.07, 6.45) is 2.66. The molecular weight excluding hydrogens is 406 g/mol. The standard InChI is InChI=1S/C28H23N5/c1-19-23(17-21-11-5-3-6-12-21)28(32-18-29-24-15-9-10-16-25(24)32)33-27(30-19)26(20(2)31-33)22-13-7-4-8-14-22/h3-16,18H,17H2,1-2H3. The van der Waals surface area contributed by atoms with Crippen molar-refractivity contribution in [1.29, 1.82) is 0 Å². The Morgan fingerprint density at radius 3 is 2.24 bits per heavy atom. The van der Waals surface area contributed by atoms with Gasteiger partial charge in [-0.05, 0) is 37.1 Å². The lowest BCUT2D eigenvalue weighted by Crippen LogP contribution is -2.12. The molecule has 5 nitrogen and oxygen atoms in total. The molecule has 160 valence electrons. The van der Waals surface area contributed by atoms with E-state index in [1.165, 1.54) is 5.56 Å². The maximum Gasteiger partial charge on any atom is 0.165 e. The monoisotopic (exact) mass is 429 g/mol. The van der Waals surface area contributed by atoms with Crippen LogP contribution in [0.1, 0.15) is 22.5 Å². The summed E-state index contributed by atoms with van der Waals surface area (Å²) < 4.78 is 4.15. The lowest BCUT2D eigenvalue weighted by Gasteiger charge is -2.16. The zero-order valence-corrected chi connectivity index (χ0v) is 18.6. The SMILES string of the molecule is Cc1nc2c(-c3ccccc3)c(C)nn2c(-n2cnc3ccccc32)c1Cc1ccccc1. The Labute approximate surface area is 192 Å². The van der Waals surface area contributed by atoms with Gasteiger partial charge >= 0.3 is 0 Å². The van der Waals surface area contributed by atoms with Gasteiger partial charge < -0.3 is 0 Å². The molecule has 0 aliphatic heterocycles. The van der Waals surface area contributed by atoms with Crippen molar-refractivity contribution >= 4 is 16.7 Å². The third kappa shape index (κ3) is 3.21. The van der Waals surface area contributed by atoms with Crippen molar-refractivity contribution in [2.45, 2.75) is 20.3 Å². The minimum atomic E-state index is 0.761. The fraction of sp³-hybridized carbons (Fsp3) is 0.107. The maximum absolute atomic E-state index is 5.09. The molecule has 0 amide bonds. The quantitative estimate of drug-likeness (QED) is 0.348. The summed E-state index contributed by atoms with van der Waals surface area (Å²) in [6, 6.07) is 29.1. The Balaban J connectivity index is 1.70. The number of aryl methyl sites for hydroxylation is 2. The second kappa shape index (κ2) is 7.71. The molecule has 0 saturated carbocycles. The molecule has 0 aliphatic carbocycles. The number of fused-ring (bicyclic) bond motifs is 2. The molecule has 0 atom stereocenters. The van der Waals surface area contributed by atoms with Crippen LogP contribution in [0, 0.1) is 13.8 Å². The lowest BCUT2D eigenvalue weighted by molar-refractivity contribution is 0.824. The van der Waals surface area contributed by atoms with E-state index in [1.807, 2.05) is 41.2 Å². The predicted octanol–water partition coefficient (Wildman–Crippen LogP) is 5.94. The van der Waals surface area contributed by atoms with Gasteiger partial charge in [-0.1, -0.05) is 72.8 Å². The molecule has 6 aromatic rings. The van der Waals surface area contributed by atoms with Crippen molar-refractivity contribution in [3.63, 3.8) is 0 Å². The molecule has 0 bridgehead atoms. The largest absolute Gasteiger partial charge is 0.283 e. The van der Waals surface area contributed by atoms with E-state index in [0.717, 1.165) is 57.0 Å². The average Bonchev–Trinajstić information content (AvgIpc) is 3.41. The third-order valence-corrected chi connectivity index (χ3v) is 6.18. The highest BCUT2D eigenvalue weighted by atomic mass is 15.3. The predicted molar refractivity (Wildman–Crippen MR) is 132 cm³/mol. The summed E-state index contributed by atoms with van der Waals surface area (Å²) in [5.41, 5.74) is 9.38. The summed E-state index contributed by atoms with van der Waals surface area (Å²) in [4.78, 5) is 9.75. The smallest absolute Gasteiger partial charge is 0.165 e. The van der Waals surface area contributed by atoms with Gasteiger partial charge in [-0.2, -0.15) is 9.61 Å². The van der Waals surface area contributed by atoms with Crippen LogP contribution in [0.15, 0.2) is 91.3 Å². The van der Waals surface area contributed by atoms with Crippen LogP contribution < -0.4 is 0 Å². The molecule has 3 aromatic carbocycles. The number of hydrogen-bond donors (Lipinski definition) is 0. The van der Waals surface area contributed by atoms with Crippen molar-refractivity contribution in [2.75, 3.05) is 0 Å². The molecule has 0 saturated heterocycles. The summed E-state index contributed by atoms with van der Waals surface area (Å²) in [6.45, 7) is 4.15. The van der Waals surface area contributed by atoms with Crippen molar-refractivity contribution in [3.05, 3.63) is 114 Å². The summed E-state index contributed by atoms with van der Waals surface area (Å²) in [7, 11) is 0. The minimum Gasteiger partial charge on any atom is -0.283 e. The van der Waals surface area contributed by atoms with Gasteiger partial charge in [0.25, 0.3) is 0 Å². The first-order valence-electron chi connectivity index (χ1n) is 11.1. The van der Waals surface area contributed by atoms with Crippen LogP contribution >= 0.6 is 0 Å². The van der Waals surface area contributed by atoms with Crippen molar-refractivity contribution in [3.8, 4) is 16.9 Å². The number of benzene rings is 3. The van der Waals surface area contributed by atoms with E-state index in [4.69, 9.17) is 10.1 Å². The Morgan fingerprint density at radius 1 is 0.758 bits per heavy atom. The highest BCUT2D eigenvalue weighted by molar-refractivity contribution is 5.82. The summed E-state index contributed by atoms with van der Waals surface area (Å²) >= 11 is 0. The number of imidazole rings is 1. The van der Waals surface area contributed by atoms with Gasteiger partial charge in [-0.3, -0.25) is 4.57 Å². The topological polar surface area (TPSA) is 48.0 Å². The number of aromatic nitrogens is 5. The van der Waals surface area contributed by atoms with Gasteiger partial charge in [0.05, 0.1) is 16.7 Å². The van der Waals surface area contributed by atoms with Crippen LogP contribution in [-0.4, -0.2) is 24.1 Å². The molecule has 3 aromatic heterocycles. The maximum atomic E-state index is 5.09. The number of rotatable bonds is 4. The third-order valence-electron chi connectivity index (χ3n) is 6.18. The zero-order valence-electron chi connectivity index (χ0n) is 18.6. The highest BCUT2D eigenvalue weighted by Gasteiger charge is 2.22. The molecule has 0 unspecified atom stereocenters. The fourth-order valence-electron chi connectivity index (χ4n) is 4.61. The van der Waals surface area contributed by atoms with Crippen LogP contribution in [0.5, 0.6) is 0 Å². The van der Waals surface area contributed by atoms with Crippen molar-refractivity contribution in [2.24, 2.45) is 0 Å². The first-order chi connectivity index (χ1) is 16.2. The minimum absolute atomic E-state index is 0.761. The summed E-state index contributed by atoms with van der Waals surface area (Å²) in [5.74, 6) is 0.986. The second-order valence-corrected chi connectivity index (χ2v) is 8.33.